The summed E-state index contributed by atoms with van der Waals surface area (Å²) in [6, 6.07) is 3.79. The van der Waals surface area contributed by atoms with Crippen LogP contribution in [0.15, 0.2) is 24.5 Å². The molecule has 0 amide bonds. The van der Waals surface area contributed by atoms with E-state index in [1.54, 1.807) is 23.7 Å². The van der Waals surface area contributed by atoms with E-state index in [9.17, 15) is 0 Å². The number of nitrogens with zero attached hydrogens (tertiary/aromatic N) is 2. The summed E-state index contributed by atoms with van der Waals surface area (Å²) in [6.07, 6.45) is 3.33. The number of pyridine rings is 1. The number of hydrogen-bond donors (Lipinski definition) is 0. The molecule has 17 heavy (non-hydrogen) atoms. The predicted octanol–water partition coefficient (Wildman–Crippen LogP) is 5.14. The zero-order chi connectivity index (χ0) is 12.4. The molecule has 2 rings (SSSR count). The third kappa shape index (κ3) is 2.49. The second kappa shape index (κ2) is 4.87. The molecule has 0 aliphatic heterocycles. The van der Waals surface area contributed by atoms with Gasteiger partial charge in [-0.1, -0.05) is 25.4 Å². The van der Waals surface area contributed by atoms with Crippen molar-refractivity contribution in [1.82, 2.24) is 4.98 Å². The average Bonchev–Trinajstić information content (AvgIpc) is 2.71. The lowest BCUT2D eigenvalue weighted by Gasteiger charge is -2.00. The Morgan fingerprint density at radius 1 is 1.35 bits per heavy atom. The van der Waals surface area contributed by atoms with Crippen LogP contribution in [-0.4, -0.2) is 4.98 Å². The molecule has 2 aromatic rings. The van der Waals surface area contributed by atoms with Crippen LogP contribution in [0.1, 0.15) is 24.6 Å². The summed E-state index contributed by atoms with van der Waals surface area (Å²) in [4.78, 5) is 9.69. The Balaban J connectivity index is 2.47. The minimum Gasteiger partial charge on any atom is -0.276 e. The van der Waals surface area contributed by atoms with Crippen LogP contribution in [0.2, 0.25) is 5.02 Å². The maximum absolute atomic E-state index is 6.98. The predicted molar refractivity (Wildman–Crippen MR) is 72.9 cm³/mol. The molecule has 0 unspecified atom stereocenters. The van der Waals surface area contributed by atoms with E-state index in [0.29, 0.717) is 11.6 Å². The van der Waals surface area contributed by atoms with E-state index < -0.39 is 0 Å². The van der Waals surface area contributed by atoms with Crippen molar-refractivity contribution in [2.75, 3.05) is 0 Å². The first-order valence-corrected chi connectivity index (χ1v) is 6.43. The van der Waals surface area contributed by atoms with Gasteiger partial charge in [0.15, 0.2) is 0 Å². The Morgan fingerprint density at radius 3 is 2.71 bits per heavy atom. The van der Waals surface area contributed by atoms with Crippen LogP contribution < -0.4 is 0 Å². The van der Waals surface area contributed by atoms with E-state index in [-0.39, 0.29) is 0 Å². The van der Waals surface area contributed by atoms with Gasteiger partial charge in [0.1, 0.15) is 0 Å². The fraction of sp³-hybridized carbons (Fsp3) is 0.231. The van der Waals surface area contributed by atoms with Gasteiger partial charge in [0.2, 0.25) is 5.69 Å². The SMILES string of the molecule is [C-]#[N+]c1cncc(-c2cc(Cl)c(C(C)C)s2)c1. The van der Waals surface area contributed by atoms with Crippen molar-refractivity contribution in [3.63, 3.8) is 0 Å². The maximum atomic E-state index is 6.98. The van der Waals surface area contributed by atoms with Crippen molar-refractivity contribution in [2.45, 2.75) is 19.8 Å². The second-order valence-corrected chi connectivity index (χ2v) is 5.51. The van der Waals surface area contributed by atoms with Crippen LogP contribution in [0.3, 0.4) is 0 Å². The number of halogens is 1. The fourth-order valence-corrected chi connectivity index (χ4v) is 3.09. The highest BCUT2D eigenvalue weighted by atomic mass is 35.5. The Morgan fingerprint density at radius 2 is 2.12 bits per heavy atom. The summed E-state index contributed by atoms with van der Waals surface area (Å²) in [5.74, 6) is 0.415. The lowest BCUT2D eigenvalue weighted by Crippen LogP contribution is -1.79. The van der Waals surface area contributed by atoms with Crippen LogP contribution in [-0.2, 0) is 0 Å². The van der Waals surface area contributed by atoms with Crippen molar-refractivity contribution in [1.29, 1.82) is 0 Å². The summed E-state index contributed by atoms with van der Waals surface area (Å²) in [5.41, 5.74) is 1.51. The highest BCUT2D eigenvalue weighted by Crippen LogP contribution is 2.38. The molecule has 4 heteroatoms. The lowest BCUT2D eigenvalue weighted by molar-refractivity contribution is 0.890. The molecule has 2 aromatic heterocycles. The lowest BCUT2D eigenvalue weighted by atomic mass is 10.2. The average molecular weight is 263 g/mol. The normalized spacial score (nSPS) is 10.5. The Bertz CT molecular complexity index is 581. The standard InChI is InChI=1S/C13H11ClN2S/c1-8(2)13-11(14)5-12(17-13)9-4-10(15-3)7-16-6-9/h4-8H,1-2H3. The van der Waals surface area contributed by atoms with Gasteiger partial charge in [-0.2, -0.15) is 0 Å². The number of hydrogen-bond acceptors (Lipinski definition) is 2. The highest BCUT2D eigenvalue weighted by molar-refractivity contribution is 7.16. The minimum absolute atomic E-state index is 0.415. The van der Waals surface area contributed by atoms with E-state index in [4.69, 9.17) is 18.2 Å². The summed E-state index contributed by atoms with van der Waals surface area (Å²) in [5, 5.41) is 0.799. The maximum Gasteiger partial charge on any atom is 0.205 e. The topological polar surface area (TPSA) is 17.2 Å². The van der Waals surface area contributed by atoms with Gasteiger partial charge in [-0.3, -0.25) is 4.98 Å². The van der Waals surface area contributed by atoms with E-state index in [1.165, 1.54) is 4.88 Å². The highest BCUT2D eigenvalue weighted by Gasteiger charge is 2.12. The Labute approximate surface area is 110 Å². The van der Waals surface area contributed by atoms with Gasteiger partial charge in [-0.25, -0.2) is 4.85 Å². The van der Waals surface area contributed by atoms with E-state index in [2.05, 4.69) is 23.7 Å². The summed E-state index contributed by atoms with van der Waals surface area (Å²) >= 11 is 7.86. The molecule has 0 spiro atoms. The molecule has 0 bridgehead atoms. The van der Waals surface area contributed by atoms with Gasteiger partial charge >= 0.3 is 0 Å². The molecule has 0 radical (unpaired) electrons. The zero-order valence-corrected chi connectivity index (χ0v) is 11.1. The van der Waals surface area contributed by atoms with Gasteiger partial charge in [-0.05, 0) is 23.6 Å². The van der Waals surface area contributed by atoms with Crippen LogP contribution >= 0.6 is 22.9 Å². The van der Waals surface area contributed by atoms with Crippen molar-refractivity contribution in [2.24, 2.45) is 0 Å². The summed E-state index contributed by atoms with van der Waals surface area (Å²) in [7, 11) is 0. The van der Waals surface area contributed by atoms with Crippen molar-refractivity contribution in [3.8, 4) is 10.4 Å². The molecule has 2 nitrogen and oxygen atoms in total. The number of aromatic nitrogens is 1. The van der Waals surface area contributed by atoms with Crippen LogP contribution in [0.25, 0.3) is 15.3 Å². The van der Waals surface area contributed by atoms with Crippen molar-refractivity contribution >= 4 is 28.6 Å². The Kier molecular flexibility index (Phi) is 3.46. The van der Waals surface area contributed by atoms with Crippen LogP contribution in [0.5, 0.6) is 0 Å². The second-order valence-electron chi connectivity index (χ2n) is 4.02. The quantitative estimate of drug-likeness (QED) is 0.685. The first kappa shape index (κ1) is 12.1. The molecular formula is C13H11ClN2S. The van der Waals surface area contributed by atoms with Crippen LogP contribution in [0, 0.1) is 6.57 Å². The number of thiophene rings is 1. The fourth-order valence-electron chi connectivity index (χ4n) is 1.54. The van der Waals surface area contributed by atoms with E-state index in [1.807, 2.05) is 12.1 Å². The first-order chi connectivity index (χ1) is 8.11. The van der Waals surface area contributed by atoms with E-state index in [0.717, 1.165) is 15.5 Å². The van der Waals surface area contributed by atoms with Crippen molar-refractivity contribution < 1.29 is 0 Å². The molecule has 0 atom stereocenters. The Hall–Kier alpha value is -1.37. The third-order valence-corrected chi connectivity index (χ3v) is 4.28. The van der Waals surface area contributed by atoms with Gasteiger partial charge in [0, 0.05) is 22.1 Å². The molecular weight excluding hydrogens is 252 g/mol. The molecule has 2 heterocycles. The van der Waals surface area contributed by atoms with Gasteiger partial charge in [0.25, 0.3) is 0 Å². The molecule has 0 saturated carbocycles. The zero-order valence-electron chi connectivity index (χ0n) is 9.57. The number of rotatable bonds is 2. The van der Waals surface area contributed by atoms with Crippen molar-refractivity contribution in [3.05, 3.63) is 45.8 Å². The van der Waals surface area contributed by atoms with Gasteiger partial charge in [0.05, 0.1) is 11.6 Å². The summed E-state index contributed by atoms with van der Waals surface area (Å²) < 4.78 is 0. The summed E-state index contributed by atoms with van der Waals surface area (Å²) in [6.45, 7) is 11.2. The third-order valence-electron chi connectivity index (χ3n) is 2.37. The van der Waals surface area contributed by atoms with E-state index >= 15 is 0 Å². The molecule has 0 N–H and O–H groups in total. The first-order valence-electron chi connectivity index (χ1n) is 5.24. The molecule has 0 aliphatic carbocycles. The van der Waals surface area contributed by atoms with Gasteiger partial charge < -0.3 is 0 Å². The monoisotopic (exact) mass is 262 g/mol. The molecule has 0 aliphatic rings. The largest absolute Gasteiger partial charge is 0.276 e. The molecule has 0 saturated heterocycles. The van der Waals surface area contributed by atoms with Crippen LogP contribution in [0.4, 0.5) is 5.69 Å². The molecule has 86 valence electrons. The minimum atomic E-state index is 0.415. The molecule has 0 aromatic carbocycles. The van der Waals surface area contributed by atoms with Gasteiger partial charge in [-0.15, -0.1) is 11.3 Å². The molecule has 0 fully saturated rings. The smallest absolute Gasteiger partial charge is 0.205 e.